The Morgan fingerprint density at radius 2 is 1.96 bits per heavy atom. The second-order valence-corrected chi connectivity index (χ2v) is 5.26. The molecule has 0 aromatic carbocycles. The number of amides is 1. The fourth-order valence-electron chi connectivity index (χ4n) is 2.01. The summed E-state index contributed by atoms with van der Waals surface area (Å²) in [4.78, 5) is 25.0. The highest BCUT2D eigenvalue weighted by Gasteiger charge is 2.38. The number of carbonyl (C=O) groups is 2. The fraction of sp³-hybridized carbons (Fsp3) is 0.467. The number of hydrogen-bond donors (Lipinski definition) is 3. The monoisotopic (exact) mass is 375 g/mol. The number of aliphatic carboxylic acids is 1. The number of hydrogen-bond acceptors (Lipinski definition) is 4. The van der Waals surface area contributed by atoms with Crippen LogP contribution >= 0.6 is 0 Å². The van der Waals surface area contributed by atoms with Crippen LogP contribution in [0.5, 0.6) is 0 Å². The van der Waals surface area contributed by atoms with Crippen LogP contribution in [0.15, 0.2) is 12.4 Å². The lowest BCUT2D eigenvalue weighted by atomic mass is 10.1. The summed E-state index contributed by atoms with van der Waals surface area (Å²) in [7, 11) is 0. The number of H-pyrrole nitrogens is 1. The summed E-state index contributed by atoms with van der Waals surface area (Å²) >= 11 is 0. The van der Waals surface area contributed by atoms with Crippen molar-refractivity contribution >= 4 is 11.9 Å². The topological polar surface area (TPSA) is 113 Å². The first-order valence-electron chi connectivity index (χ1n) is 7.67. The van der Waals surface area contributed by atoms with E-state index in [9.17, 15) is 18.0 Å². The molecule has 0 aliphatic carbocycles. The number of nitrogens with zero attached hydrogens (tertiary/aromatic N) is 3. The number of carboxylic acids is 1. The molecule has 0 unspecified atom stereocenters. The lowest BCUT2D eigenvalue weighted by Crippen LogP contribution is -2.28. The van der Waals surface area contributed by atoms with E-state index >= 15 is 0 Å². The van der Waals surface area contributed by atoms with E-state index in [0.29, 0.717) is 18.8 Å². The minimum atomic E-state index is -5.08. The molecule has 8 nitrogen and oxygen atoms in total. The first-order valence-corrected chi connectivity index (χ1v) is 7.67. The summed E-state index contributed by atoms with van der Waals surface area (Å²) in [5.74, 6) is -1.95. The van der Waals surface area contributed by atoms with Gasteiger partial charge in [-0.05, 0) is 20.3 Å². The van der Waals surface area contributed by atoms with Gasteiger partial charge >= 0.3 is 12.1 Å². The van der Waals surface area contributed by atoms with Crippen LogP contribution in [0.3, 0.4) is 0 Å². The fourth-order valence-corrected chi connectivity index (χ4v) is 2.01. The molecule has 2 aromatic heterocycles. The van der Waals surface area contributed by atoms with Gasteiger partial charge in [-0.3, -0.25) is 9.89 Å². The van der Waals surface area contributed by atoms with Crippen molar-refractivity contribution in [2.24, 2.45) is 0 Å². The van der Waals surface area contributed by atoms with Crippen LogP contribution in [0.1, 0.15) is 34.5 Å². The van der Waals surface area contributed by atoms with Crippen molar-refractivity contribution in [2.45, 2.75) is 39.9 Å². The van der Waals surface area contributed by atoms with Gasteiger partial charge in [0, 0.05) is 36.7 Å². The van der Waals surface area contributed by atoms with Crippen molar-refractivity contribution in [2.75, 3.05) is 6.54 Å². The number of halogens is 3. The molecule has 144 valence electrons. The van der Waals surface area contributed by atoms with Crippen LogP contribution in [0, 0.1) is 13.8 Å². The second kappa shape index (κ2) is 9.02. The Hall–Kier alpha value is -2.85. The van der Waals surface area contributed by atoms with Crippen molar-refractivity contribution in [3.05, 3.63) is 35.2 Å². The number of aromatic nitrogens is 4. The molecular formula is C15H20F3N5O3. The Bertz CT molecular complexity index is 752. The third-order valence-corrected chi connectivity index (χ3v) is 3.48. The summed E-state index contributed by atoms with van der Waals surface area (Å²) in [5, 5.41) is 17.0. The molecule has 0 fully saturated rings. The van der Waals surface area contributed by atoms with Gasteiger partial charge in [0.2, 0.25) is 0 Å². The maximum absolute atomic E-state index is 12.0. The maximum atomic E-state index is 12.0. The zero-order valence-corrected chi connectivity index (χ0v) is 14.5. The van der Waals surface area contributed by atoms with Gasteiger partial charge in [-0.25, -0.2) is 9.78 Å². The first kappa shape index (κ1) is 21.2. The Morgan fingerprint density at radius 3 is 2.38 bits per heavy atom. The zero-order chi connectivity index (χ0) is 19.9. The van der Waals surface area contributed by atoms with Gasteiger partial charge in [0.05, 0.1) is 0 Å². The lowest BCUT2D eigenvalue weighted by Gasteiger charge is -2.06. The maximum Gasteiger partial charge on any atom is 0.490 e. The highest BCUT2D eigenvalue weighted by Crippen LogP contribution is 2.13. The summed E-state index contributed by atoms with van der Waals surface area (Å²) in [6.45, 7) is 7.15. The van der Waals surface area contributed by atoms with Crippen molar-refractivity contribution in [3.8, 4) is 0 Å². The van der Waals surface area contributed by atoms with Gasteiger partial charge in [0.25, 0.3) is 5.91 Å². The molecule has 0 atom stereocenters. The molecule has 3 N–H and O–H groups in total. The predicted octanol–water partition coefficient (Wildman–Crippen LogP) is 1.85. The van der Waals surface area contributed by atoms with Gasteiger partial charge in [-0.2, -0.15) is 18.3 Å². The molecular weight excluding hydrogens is 355 g/mol. The van der Waals surface area contributed by atoms with E-state index in [1.165, 1.54) is 0 Å². The highest BCUT2D eigenvalue weighted by atomic mass is 19.4. The molecule has 0 aliphatic heterocycles. The quantitative estimate of drug-likeness (QED) is 0.738. The van der Waals surface area contributed by atoms with E-state index < -0.39 is 12.1 Å². The van der Waals surface area contributed by atoms with Crippen LogP contribution < -0.4 is 5.32 Å². The van der Waals surface area contributed by atoms with Gasteiger partial charge < -0.3 is 15.0 Å². The number of aryl methyl sites for hydroxylation is 2. The normalized spacial score (nSPS) is 10.8. The molecule has 0 aliphatic rings. The number of alkyl halides is 3. The number of nitrogens with one attached hydrogen (secondary N) is 2. The Kier molecular flexibility index (Phi) is 7.35. The van der Waals surface area contributed by atoms with Crippen molar-refractivity contribution in [1.82, 2.24) is 25.1 Å². The van der Waals surface area contributed by atoms with Gasteiger partial charge in [0.15, 0.2) is 5.69 Å². The smallest absolute Gasteiger partial charge is 0.475 e. The molecule has 26 heavy (non-hydrogen) atoms. The van der Waals surface area contributed by atoms with Crippen LogP contribution in [0.4, 0.5) is 13.2 Å². The zero-order valence-electron chi connectivity index (χ0n) is 14.5. The number of aromatic amines is 1. The Balaban J connectivity index is 0.000000412. The minimum Gasteiger partial charge on any atom is -0.475 e. The number of rotatable bonds is 5. The average Bonchev–Trinajstić information content (AvgIpc) is 3.12. The summed E-state index contributed by atoms with van der Waals surface area (Å²) in [6, 6.07) is 0. The van der Waals surface area contributed by atoms with E-state index in [2.05, 4.69) is 20.5 Å². The van der Waals surface area contributed by atoms with Gasteiger partial charge in [0.1, 0.15) is 5.82 Å². The van der Waals surface area contributed by atoms with Gasteiger partial charge in [-0.1, -0.05) is 6.92 Å². The number of imidazole rings is 1. The van der Waals surface area contributed by atoms with Crippen LogP contribution in [0.25, 0.3) is 0 Å². The molecule has 1 amide bonds. The molecule has 0 saturated carbocycles. The largest absolute Gasteiger partial charge is 0.490 e. The molecule has 0 bridgehead atoms. The highest BCUT2D eigenvalue weighted by molar-refractivity contribution is 5.93. The molecule has 2 heterocycles. The van der Waals surface area contributed by atoms with Gasteiger partial charge in [-0.15, -0.1) is 0 Å². The Morgan fingerprint density at radius 1 is 1.35 bits per heavy atom. The average molecular weight is 375 g/mol. The minimum absolute atomic E-state index is 0.133. The summed E-state index contributed by atoms with van der Waals surface area (Å²) < 4.78 is 33.7. The van der Waals surface area contributed by atoms with E-state index in [1.807, 2.05) is 31.5 Å². The van der Waals surface area contributed by atoms with E-state index in [4.69, 9.17) is 9.90 Å². The Labute approximate surface area is 147 Å². The second-order valence-electron chi connectivity index (χ2n) is 5.26. The van der Waals surface area contributed by atoms with E-state index in [1.54, 1.807) is 6.20 Å². The van der Waals surface area contributed by atoms with Crippen LogP contribution in [-0.2, 0) is 17.8 Å². The summed E-state index contributed by atoms with van der Waals surface area (Å²) in [6.07, 6.45) is -0.584. The lowest BCUT2D eigenvalue weighted by molar-refractivity contribution is -0.192. The number of carbonyl (C=O) groups excluding carboxylic acids is 1. The predicted molar refractivity (Wildman–Crippen MR) is 85.7 cm³/mol. The molecule has 2 aromatic rings. The molecule has 0 spiro atoms. The van der Waals surface area contributed by atoms with Crippen molar-refractivity contribution in [3.63, 3.8) is 0 Å². The third-order valence-electron chi connectivity index (χ3n) is 3.48. The third kappa shape index (κ3) is 5.90. The van der Waals surface area contributed by atoms with Crippen molar-refractivity contribution < 1.29 is 27.9 Å². The molecule has 0 radical (unpaired) electrons. The first-order chi connectivity index (χ1) is 12.1. The molecule has 0 saturated heterocycles. The summed E-state index contributed by atoms with van der Waals surface area (Å²) in [5.41, 5.74) is 2.42. The molecule has 11 heteroatoms. The van der Waals surface area contributed by atoms with Crippen molar-refractivity contribution in [1.29, 1.82) is 0 Å². The van der Waals surface area contributed by atoms with E-state index in [0.717, 1.165) is 23.5 Å². The van der Waals surface area contributed by atoms with Crippen LogP contribution in [0.2, 0.25) is 0 Å². The SMILES string of the molecule is CCc1[nH]nc(C(=O)NCCn2ccnc2C)c1C.O=C(O)C(F)(F)F. The standard InChI is InChI=1S/C13H19N5O.C2HF3O2/c1-4-11-9(2)12(17-16-11)13(19)15-6-8-18-7-5-14-10(18)3;3-2(4,5)1(6)7/h5,7H,4,6,8H2,1-3H3,(H,15,19)(H,16,17);(H,6,7). The number of carboxylic acid groups (broad SMARTS) is 1. The molecule has 2 rings (SSSR count). The van der Waals surface area contributed by atoms with Crippen LogP contribution in [-0.4, -0.2) is 49.5 Å². The van der Waals surface area contributed by atoms with E-state index in [-0.39, 0.29) is 5.91 Å².